The van der Waals surface area contributed by atoms with Crippen LogP contribution in [-0.4, -0.2) is 25.2 Å². The van der Waals surface area contributed by atoms with Crippen molar-refractivity contribution in [2.24, 2.45) is 0 Å². The van der Waals surface area contributed by atoms with E-state index in [-0.39, 0.29) is 17.5 Å². The van der Waals surface area contributed by atoms with Gasteiger partial charge in [-0.1, -0.05) is 48.0 Å². The molecular formula is C24H20F6N2O3S. The molecule has 3 rings (SSSR count). The van der Waals surface area contributed by atoms with Gasteiger partial charge in [0.15, 0.2) is 0 Å². The Morgan fingerprint density at radius 1 is 0.833 bits per heavy atom. The average molecular weight is 530 g/mol. The number of nitrogens with one attached hydrogen (secondary N) is 1. The fourth-order valence-electron chi connectivity index (χ4n) is 3.25. The summed E-state index contributed by atoms with van der Waals surface area (Å²) in [5.41, 5.74) is -2.57. The van der Waals surface area contributed by atoms with E-state index in [0.717, 1.165) is 9.87 Å². The second kappa shape index (κ2) is 10.3. The first-order valence-corrected chi connectivity index (χ1v) is 11.8. The molecule has 5 nitrogen and oxygen atoms in total. The lowest BCUT2D eigenvalue weighted by Crippen LogP contribution is -2.37. The number of sulfonamides is 1. The van der Waals surface area contributed by atoms with E-state index in [1.807, 2.05) is 12.2 Å². The van der Waals surface area contributed by atoms with Crippen molar-refractivity contribution in [2.45, 2.75) is 30.7 Å². The van der Waals surface area contributed by atoms with Crippen LogP contribution in [0.15, 0.2) is 77.7 Å². The van der Waals surface area contributed by atoms with Crippen LogP contribution in [0, 0.1) is 6.92 Å². The molecule has 1 amide bonds. The third-order valence-corrected chi connectivity index (χ3v) is 6.86. The summed E-state index contributed by atoms with van der Waals surface area (Å²) >= 11 is 0. The first kappa shape index (κ1) is 27.2. The smallest absolute Gasteiger partial charge is 0.325 e. The van der Waals surface area contributed by atoms with Crippen molar-refractivity contribution in [3.63, 3.8) is 0 Å². The molecule has 0 bridgehead atoms. The lowest BCUT2D eigenvalue weighted by molar-refractivity contribution is -0.143. The number of aryl methyl sites for hydroxylation is 1. The molecule has 0 aromatic heterocycles. The van der Waals surface area contributed by atoms with Gasteiger partial charge in [0.25, 0.3) is 0 Å². The van der Waals surface area contributed by atoms with Crippen LogP contribution in [-0.2, 0) is 33.7 Å². The first-order valence-electron chi connectivity index (χ1n) is 10.4. The second-order valence-electron chi connectivity index (χ2n) is 7.91. The average Bonchev–Trinajstić information content (AvgIpc) is 2.79. The van der Waals surface area contributed by atoms with Gasteiger partial charge in [0.2, 0.25) is 15.9 Å². The van der Waals surface area contributed by atoms with Gasteiger partial charge in [-0.05, 0) is 42.8 Å². The van der Waals surface area contributed by atoms with E-state index < -0.39 is 51.6 Å². The number of alkyl halides is 6. The number of amides is 1. The fraction of sp³-hybridized carbons (Fsp3) is 0.208. The van der Waals surface area contributed by atoms with Gasteiger partial charge in [-0.15, -0.1) is 0 Å². The standard InChI is InChI=1S/C24H20F6N2O3S/c1-16-7-9-17(10-8-16)14-32(36(34,35)21-5-3-2-4-6-21)15-22(33)31-20-12-18(23(25,26)27)11-19(13-20)24(28,29)30/h2-13H,14-15H2,1H3,(H,31,33). The van der Waals surface area contributed by atoms with Crippen molar-refractivity contribution >= 4 is 21.6 Å². The normalized spacial score (nSPS) is 12.6. The third kappa shape index (κ3) is 6.85. The van der Waals surface area contributed by atoms with Crippen LogP contribution in [0.25, 0.3) is 0 Å². The molecular weight excluding hydrogens is 510 g/mol. The summed E-state index contributed by atoms with van der Waals surface area (Å²) in [5.74, 6) is -1.12. The Hall–Kier alpha value is -3.38. The lowest BCUT2D eigenvalue weighted by Gasteiger charge is -2.22. The fourth-order valence-corrected chi connectivity index (χ4v) is 4.66. The molecule has 0 saturated carbocycles. The van der Waals surface area contributed by atoms with Gasteiger partial charge < -0.3 is 5.32 Å². The Morgan fingerprint density at radius 2 is 1.36 bits per heavy atom. The number of halogens is 6. The molecule has 0 aliphatic heterocycles. The minimum absolute atomic E-state index is 0.0702. The molecule has 0 saturated heterocycles. The molecule has 3 aromatic carbocycles. The molecule has 3 aromatic rings. The van der Waals surface area contributed by atoms with Crippen LogP contribution in [0.4, 0.5) is 32.0 Å². The predicted molar refractivity (Wildman–Crippen MR) is 120 cm³/mol. The molecule has 0 radical (unpaired) electrons. The zero-order valence-electron chi connectivity index (χ0n) is 18.7. The Kier molecular flexibility index (Phi) is 7.79. The molecule has 0 aliphatic carbocycles. The maximum absolute atomic E-state index is 13.2. The van der Waals surface area contributed by atoms with E-state index in [1.165, 1.54) is 24.3 Å². The quantitative estimate of drug-likeness (QED) is 0.389. The molecule has 0 unspecified atom stereocenters. The highest BCUT2D eigenvalue weighted by Gasteiger charge is 2.37. The maximum Gasteiger partial charge on any atom is 0.416 e. The SMILES string of the molecule is Cc1ccc(CN(CC(=O)Nc2cc(C(F)(F)F)cc(C(F)(F)F)c2)S(=O)(=O)c2ccccc2)cc1. The highest BCUT2D eigenvalue weighted by Crippen LogP contribution is 2.37. The summed E-state index contributed by atoms with van der Waals surface area (Å²) in [7, 11) is -4.25. The van der Waals surface area contributed by atoms with E-state index in [1.54, 1.807) is 30.3 Å². The Balaban J connectivity index is 1.93. The van der Waals surface area contributed by atoms with Gasteiger partial charge in [-0.25, -0.2) is 8.42 Å². The minimum Gasteiger partial charge on any atom is -0.325 e. The van der Waals surface area contributed by atoms with E-state index in [2.05, 4.69) is 0 Å². The van der Waals surface area contributed by atoms with Crippen molar-refractivity contribution in [2.75, 3.05) is 11.9 Å². The maximum atomic E-state index is 13.2. The molecule has 0 heterocycles. The number of benzene rings is 3. The van der Waals surface area contributed by atoms with Crippen LogP contribution >= 0.6 is 0 Å². The van der Waals surface area contributed by atoms with Gasteiger partial charge in [0.05, 0.1) is 22.6 Å². The molecule has 0 atom stereocenters. The van der Waals surface area contributed by atoms with Crippen LogP contribution in [0.5, 0.6) is 0 Å². The van der Waals surface area contributed by atoms with Crippen LogP contribution in [0.2, 0.25) is 0 Å². The summed E-state index contributed by atoms with van der Waals surface area (Å²) in [6, 6.07) is 14.5. The minimum atomic E-state index is -5.10. The van der Waals surface area contributed by atoms with Gasteiger partial charge in [0, 0.05) is 12.2 Å². The Morgan fingerprint density at radius 3 is 1.86 bits per heavy atom. The van der Waals surface area contributed by atoms with E-state index >= 15 is 0 Å². The number of hydrogen-bond acceptors (Lipinski definition) is 3. The summed E-state index contributed by atoms with van der Waals surface area (Å²) in [6.45, 7) is 0.698. The number of nitrogens with zero attached hydrogens (tertiary/aromatic N) is 1. The summed E-state index contributed by atoms with van der Waals surface area (Å²) < 4.78 is 106. The summed E-state index contributed by atoms with van der Waals surface area (Å²) in [6.07, 6.45) is -10.2. The van der Waals surface area contributed by atoms with Crippen molar-refractivity contribution in [1.82, 2.24) is 4.31 Å². The number of rotatable bonds is 7. The van der Waals surface area contributed by atoms with E-state index in [0.29, 0.717) is 17.7 Å². The van der Waals surface area contributed by atoms with Crippen molar-refractivity contribution in [3.8, 4) is 0 Å². The second-order valence-corrected chi connectivity index (χ2v) is 9.85. The predicted octanol–water partition coefficient (Wildman–Crippen LogP) is 5.86. The van der Waals surface area contributed by atoms with Crippen LogP contribution in [0.1, 0.15) is 22.3 Å². The zero-order valence-corrected chi connectivity index (χ0v) is 19.5. The van der Waals surface area contributed by atoms with Gasteiger partial charge >= 0.3 is 12.4 Å². The topological polar surface area (TPSA) is 66.5 Å². The van der Waals surface area contributed by atoms with Crippen molar-refractivity contribution < 1.29 is 39.6 Å². The number of hydrogen-bond donors (Lipinski definition) is 1. The highest BCUT2D eigenvalue weighted by atomic mass is 32.2. The Bertz CT molecular complexity index is 1290. The lowest BCUT2D eigenvalue weighted by atomic mass is 10.1. The molecule has 12 heteroatoms. The number of carbonyl (C=O) groups excluding carboxylic acids is 1. The van der Waals surface area contributed by atoms with Gasteiger partial charge in [0.1, 0.15) is 0 Å². The molecule has 1 N–H and O–H groups in total. The van der Waals surface area contributed by atoms with Crippen molar-refractivity contribution in [3.05, 3.63) is 95.1 Å². The van der Waals surface area contributed by atoms with Gasteiger partial charge in [-0.3, -0.25) is 4.79 Å². The highest BCUT2D eigenvalue weighted by molar-refractivity contribution is 7.89. The van der Waals surface area contributed by atoms with Crippen LogP contribution < -0.4 is 5.32 Å². The molecule has 36 heavy (non-hydrogen) atoms. The van der Waals surface area contributed by atoms with E-state index in [9.17, 15) is 39.6 Å². The van der Waals surface area contributed by atoms with E-state index in [4.69, 9.17) is 0 Å². The molecule has 0 spiro atoms. The van der Waals surface area contributed by atoms with Gasteiger partial charge in [-0.2, -0.15) is 30.6 Å². The monoisotopic (exact) mass is 530 g/mol. The largest absolute Gasteiger partial charge is 0.416 e. The third-order valence-electron chi connectivity index (χ3n) is 5.05. The number of carbonyl (C=O) groups is 1. The summed E-state index contributed by atoms with van der Waals surface area (Å²) in [4.78, 5) is 12.6. The van der Waals surface area contributed by atoms with Crippen molar-refractivity contribution in [1.29, 1.82) is 0 Å². The first-order chi connectivity index (χ1) is 16.7. The molecule has 0 aliphatic rings. The molecule has 192 valence electrons. The molecule has 0 fully saturated rings. The van der Waals surface area contributed by atoms with Crippen LogP contribution in [0.3, 0.4) is 0 Å². The zero-order chi connectivity index (χ0) is 26.7. The summed E-state index contributed by atoms with van der Waals surface area (Å²) in [5, 5.41) is 1.97. The Labute approximate surface area is 203 Å². The number of anilines is 1.